The van der Waals surface area contributed by atoms with E-state index in [4.69, 9.17) is 9.47 Å². The summed E-state index contributed by atoms with van der Waals surface area (Å²) in [6.45, 7) is 5.36. The van der Waals surface area contributed by atoms with Gasteiger partial charge in [-0.1, -0.05) is 63.2 Å². The summed E-state index contributed by atoms with van der Waals surface area (Å²) in [5.41, 5.74) is 1.60. The van der Waals surface area contributed by atoms with Crippen molar-refractivity contribution < 1.29 is 33.9 Å². The SMILES string of the molecule is CNC(=O)[C@@H](NC(=O)[C@H](Cc1ccc2ccccc2c1)[C@H](OCC(=O)NCCOC)C(=O)NO)C(C)(C)C. The number of amides is 4. The van der Waals surface area contributed by atoms with Crippen molar-refractivity contribution in [2.45, 2.75) is 39.3 Å². The molecule has 0 aliphatic heterocycles. The van der Waals surface area contributed by atoms with Crippen LogP contribution in [0.3, 0.4) is 0 Å². The summed E-state index contributed by atoms with van der Waals surface area (Å²) in [6, 6.07) is 12.4. The molecule has 2 aromatic carbocycles. The van der Waals surface area contributed by atoms with Crippen LogP contribution in [-0.2, 0) is 35.1 Å². The average molecular weight is 531 g/mol. The Kier molecular flexibility index (Phi) is 11.6. The van der Waals surface area contributed by atoms with E-state index in [0.717, 1.165) is 16.3 Å². The van der Waals surface area contributed by atoms with E-state index in [0.29, 0.717) is 0 Å². The van der Waals surface area contributed by atoms with E-state index in [-0.39, 0.29) is 19.6 Å². The molecular formula is C27H38N4O7. The Bertz CT molecular complexity index is 1120. The second-order valence-electron chi connectivity index (χ2n) is 9.96. The highest BCUT2D eigenvalue weighted by atomic mass is 16.5. The quantitative estimate of drug-likeness (QED) is 0.147. The first-order valence-corrected chi connectivity index (χ1v) is 12.3. The van der Waals surface area contributed by atoms with Gasteiger partial charge >= 0.3 is 0 Å². The first kappa shape index (κ1) is 30.7. The van der Waals surface area contributed by atoms with Crippen molar-refractivity contribution in [3.05, 3.63) is 48.0 Å². The molecule has 0 heterocycles. The van der Waals surface area contributed by atoms with Crippen LogP contribution < -0.4 is 21.4 Å². The molecule has 4 amide bonds. The van der Waals surface area contributed by atoms with Crippen LogP contribution in [0.25, 0.3) is 10.8 Å². The number of fused-ring (bicyclic) bond motifs is 1. The van der Waals surface area contributed by atoms with E-state index in [9.17, 15) is 24.4 Å². The third-order valence-electron chi connectivity index (χ3n) is 6.02. The van der Waals surface area contributed by atoms with E-state index in [2.05, 4.69) is 16.0 Å². The Balaban J connectivity index is 2.41. The largest absolute Gasteiger partial charge is 0.383 e. The molecule has 0 spiro atoms. The number of carbonyl (C=O) groups excluding carboxylic acids is 4. The maximum Gasteiger partial charge on any atom is 0.273 e. The molecule has 2 aromatic rings. The molecule has 0 fully saturated rings. The van der Waals surface area contributed by atoms with Crippen molar-refractivity contribution >= 4 is 34.4 Å². The minimum atomic E-state index is -1.54. The van der Waals surface area contributed by atoms with Gasteiger partial charge < -0.3 is 25.4 Å². The molecule has 11 nitrogen and oxygen atoms in total. The molecule has 2 rings (SSSR count). The van der Waals surface area contributed by atoms with Gasteiger partial charge in [0.05, 0.1) is 12.5 Å². The molecule has 0 saturated carbocycles. The van der Waals surface area contributed by atoms with Gasteiger partial charge in [0.2, 0.25) is 17.7 Å². The molecule has 0 aliphatic rings. The van der Waals surface area contributed by atoms with Crippen LogP contribution in [-0.4, -0.2) is 74.9 Å². The number of methoxy groups -OCH3 is 1. The molecule has 11 heteroatoms. The van der Waals surface area contributed by atoms with Crippen molar-refractivity contribution in [1.82, 2.24) is 21.4 Å². The van der Waals surface area contributed by atoms with Gasteiger partial charge in [-0.05, 0) is 28.2 Å². The molecule has 3 atom stereocenters. The van der Waals surface area contributed by atoms with Gasteiger partial charge in [-0.2, -0.15) is 0 Å². The number of likely N-dealkylation sites (N-methyl/N-ethyl adjacent to an activating group) is 1. The Morgan fingerprint density at radius 3 is 2.26 bits per heavy atom. The molecule has 5 N–H and O–H groups in total. The summed E-state index contributed by atoms with van der Waals surface area (Å²) < 4.78 is 10.5. The fourth-order valence-corrected chi connectivity index (χ4v) is 3.97. The maximum absolute atomic E-state index is 13.7. The number of hydrogen-bond acceptors (Lipinski definition) is 7. The lowest BCUT2D eigenvalue weighted by Gasteiger charge is -2.32. The summed E-state index contributed by atoms with van der Waals surface area (Å²) in [7, 11) is 2.96. The topological polar surface area (TPSA) is 155 Å². The third kappa shape index (κ3) is 8.79. The number of hydroxylamine groups is 1. The Morgan fingerprint density at radius 1 is 0.974 bits per heavy atom. The highest BCUT2D eigenvalue weighted by Gasteiger charge is 2.39. The van der Waals surface area contributed by atoms with Crippen molar-refractivity contribution in [2.24, 2.45) is 11.3 Å². The summed E-state index contributed by atoms with van der Waals surface area (Å²) in [5, 5.41) is 19.2. The Labute approximate surface area is 222 Å². The molecular weight excluding hydrogens is 492 g/mol. The van der Waals surface area contributed by atoms with E-state index in [1.165, 1.54) is 19.6 Å². The zero-order valence-corrected chi connectivity index (χ0v) is 22.5. The van der Waals surface area contributed by atoms with E-state index in [1.807, 2.05) is 42.5 Å². The predicted octanol–water partition coefficient (Wildman–Crippen LogP) is 0.929. The van der Waals surface area contributed by atoms with Crippen molar-refractivity contribution in [3.63, 3.8) is 0 Å². The van der Waals surface area contributed by atoms with Crippen molar-refractivity contribution in [3.8, 4) is 0 Å². The van der Waals surface area contributed by atoms with Crippen LogP contribution in [0, 0.1) is 11.3 Å². The van der Waals surface area contributed by atoms with Crippen LogP contribution in [0.15, 0.2) is 42.5 Å². The summed E-state index contributed by atoms with van der Waals surface area (Å²) in [5.74, 6) is -3.76. The highest BCUT2D eigenvalue weighted by Crippen LogP contribution is 2.24. The lowest BCUT2D eigenvalue weighted by molar-refractivity contribution is -0.153. The van der Waals surface area contributed by atoms with E-state index < -0.39 is 53.7 Å². The molecule has 0 unspecified atom stereocenters. The van der Waals surface area contributed by atoms with Gasteiger partial charge in [0, 0.05) is 20.7 Å². The van der Waals surface area contributed by atoms with Gasteiger partial charge in [-0.25, -0.2) is 5.48 Å². The fraction of sp³-hybridized carbons (Fsp3) is 0.481. The van der Waals surface area contributed by atoms with Crippen LogP contribution in [0.2, 0.25) is 0 Å². The van der Waals surface area contributed by atoms with Crippen LogP contribution in [0.1, 0.15) is 26.3 Å². The minimum absolute atomic E-state index is 0.0324. The molecule has 208 valence electrons. The number of rotatable bonds is 13. The van der Waals surface area contributed by atoms with Crippen LogP contribution in [0.4, 0.5) is 0 Å². The second-order valence-corrected chi connectivity index (χ2v) is 9.96. The monoisotopic (exact) mass is 530 g/mol. The second kappa shape index (κ2) is 14.4. The van der Waals surface area contributed by atoms with Gasteiger partial charge in [0.25, 0.3) is 5.91 Å². The first-order chi connectivity index (χ1) is 18.0. The van der Waals surface area contributed by atoms with Crippen LogP contribution >= 0.6 is 0 Å². The van der Waals surface area contributed by atoms with Crippen molar-refractivity contribution in [1.29, 1.82) is 0 Å². The predicted molar refractivity (Wildman–Crippen MR) is 141 cm³/mol. The van der Waals surface area contributed by atoms with Crippen molar-refractivity contribution in [2.75, 3.05) is 33.9 Å². The first-order valence-electron chi connectivity index (χ1n) is 12.3. The normalized spacial score (nSPS) is 13.7. The number of ether oxygens (including phenoxy) is 2. The Morgan fingerprint density at radius 2 is 1.66 bits per heavy atom. The fourth-order valence-electron chi connectivity index (χ4n) is 3.97. The third-order valence-corrected chi connectivity index (χ3v) is 6.02. The van der Waals surface area contributed by atoms with Crippen LogP contribution in [0.5, 0.6) is 0 Å². The molecule has 0 aliphatic carbocycles. The lowest BCUT2D eigenvalue weighted by atomic mass is 9.84. The Hall–Kier alpha value is -3.54. The molecule has 38 heavy (non-hydrogen) atoms. The standard InChI is InChI=1S/C27H38N4O7/c1-27(2,3)23(26(35)28-4)30-24(33)20(15-17-10-11-18-8-6-7-9-19(18)14-17)22(25(34)31-36)38-16-21(32)29-12-13-37-5/h6-11,14,20,22-23,36H,12-13,15-16H2,1-5H3,(H,28,35)(H,29,32)(H,30,33)(H,31,34)/t20-,22+,23-/m1/s1. The molecule has 0 aromatic heterocycles. The number of carbonyl (C=O) groups is 4. The number of nitrogens with one attached hydrogen (secondary N) is 4. The van der Waals surface area contributed by atoms with E-state index in [1.54, 1.807) is 20.8 Å². The van der Waals surface area contributed by atoms with E-state index >= 15 is 0 Å². The number of hydrogen-bond donors (Lipinski definition) is 5. The zero-order chi connectivity index (χ0) is 28.3. The maximum atomic E-state index is 13.7. The van der Waals surface area contributed by atoms with Gasteiger partial charge in [-0.3, -0.25) is 24.4 Å². The number of benzene rings is 2. The average Bonchev–Trinajstić information content (AvgIpc) is 2.89. The molecule has 0 bridgehead atoms. The lowest BCUT2D eigenvalue weighted by Crippen LogP contribution is -2.57. The van der Waals surface area contributed by atoms with Gasteiger partial charge in [-0.15, -0.1) is 0 Å². The zero-order valence-electron chi connectivity index (χ0n) is 22.5. The summed E-state index contributed by atoms with van der Waals surface area (Å²) in [6.07, 6.45) is -1.50. The minimum Gasteiger partial charge on any atom is -0.383 e. The smallest absolute Gasteiger partial charge is 0.273 e. The summed E-state index contributed by atoms with van der Waals surface area (Å²) >= 11 is 0. The molecule has 0 saturated heterocycles. The van der Waals surface area contributed by atoms with Gasteiger partial charge in [0.15, 0.2) is 6.10 Å². The summed E-state index contributed by atoms with van der Waals surface area (Å²) in [4.78, 5) is 51.2. The molecule has 0 radical (unpaired) electrons. The van der Waals surface area contributed by atoms with Gasteiger partial charge in [0.1, 0.15) is 12.6 Å². The highest BCUT2D eigenvalue weighted by molar-refractivity contribution is 5.93.